The van der Waals surface area contributed by atoms with Gasteiger partial charge in [0.25, 0.3) is 0 Å². The Balaban J connectivity index is 1.70. The fourth-order valence-electron chi connectivity index (χ4n) is 3.79. The molecule has 0 radical (unpaired) electrons. The van der Waals surface area contributed by atoms with Crippen molar-refractivity contribution in [1.82, 2.24) is 0 Å². The zero-order chi connectivity index (χ0) is 20.6. The van der Waals surface area contributed by atoms with E-state index in [1.165, 1.54) is 31.4 Å². The number of ether oxygens (including phenoxy) is 1. The van der Waals surface area contributed by atoms with Crippen molar-refractivity contribution in [2.45, 2.75) is 45.6 Å². The highest BCUT2D eigenvalue weighted by Gasteiger charge is 2.43. The van der Waals surface area contributed by atoms with Crippen molar-refractivity contribution < 1.29 is 17.9 Å². The molecule has 0 saturated heterocycles. The minimum Gasteiger partial charge on any atom is -0.425 e. The molecule has 3 aromatic rings. The number of benzene rings is 3. The number of rotatable bonds is 5. The Labute approximate surface area is 169 Å². The quantitative estimate of drug-likeness (QED) is 0.403. The van der Waals surface area contributed by atoms with Gasteiger partial charge in [0.1, 0.15) is 0 Å². The second kappa shape index (κ2) is 7.58. The molecule has 1 heterocycles. The van der Waals surface area contributed by atoms with Gasteiger partial charge in [0, 0.05) is 5.56 Å². The fraction of sp³-hybridized carbons (Fsp3) is 0.280. The highest BCUT2D eigenvalue weighted by atomic mass is 19.3. The van der Waals surface area contributed by atoms with E-state index < -0.39 is 11.9 Å². The monoisotopic (exact) mass is 396 g/mol. The molecule has 0 bridgehead atoms. The molecule has 0 saturated carbocycles. The SMILES string of the molecule is CCCCCc1ccc(-c2ccc3c(c2)C(F)(F)Oc2c-3ccc(C)c2F)cc1. The van der Waals surface area contributed by atoms with Crippen molar-refractivity contribution in [1.29, 1.82) is 0 Å². The molecule has 0 atom stereocenters. The molecule has 0 fully saturated rings. The molecule has 1 nitrogen and oxygen atoms in total. The smallest absolute Gasteiger partial charge is 0.425 e. The largest absolute Gasteiger partial charge is 0.427 e. The van der Waals surface area contributed by atoms with E-state index in [1.54, 1.807) is 24.3 Å². The predicted molar refractivity (Wildman–Crippen MR) is 110 cm³/mol. The number of aryl methyl sites for hydroxylation is 2. The topological polar surface area (TPSA) is 9.23 Å². The number of hydrogen-bond donors (Lipinski definition) is 0. The average molecular weight is 396 g/mol. The van der Waals surface area contributed by atoms with Crippen LogP contribution in [-0.4, -0.2) is 0 Å². The van der Waals surface area contributed by atoms with Gasteiger partial charge in [-0.2, -0.15) is 8.78 Å². The van der Waals surface area contributed by atoms with Crippen LogP contribution in [0.5, 0.6) is 5.75 Å². The van der Waals surface area contributed by atoms with E-state index in [2.05, 4.69) is 6.92 Å². The van der Waals surface area contributed by atoms with Crippen LogP contribution in [0.1, 0.15) is 42.9 Å². The first-order valence-electron chi connectivity index (χ1n) is 10.0. The molecule has 4 rings (SSSR count). The molecule has 1 aliphatic rings. The summed E-state index contributed by atoms with van der Waals surface area (Å²) in [6.07, 6.45) is 0.950. The second-order valence-electron chi connectivity index (χ2n) is 7.61. The maximum absolute atomic E-state index is 14.7. The second-order valence-corrected chi connectivity index (χ2v) is 7.61. The van der Waals surface area contributed by atoms with Gasteiger partial charge >= 0.3 is 6.11 Å². The standard InChI is InChI=1S/C25H23F3O/c1-3-4-5-6-17-8-10-18(11-9-17)19-12-14-20-21-13-7-16(2)23(26)24(21)29-25(27,28)22(20)15-19/h7-15H,3-6H2,1-2H3. The van der Waals surface area contributed by atoms with Gasteiger partial charge in [-0.15, -0.1) is 0 Å². The molecule has 1 aliphatic heterocycles. The molecule has 29 heavy (non-hydrogen) atoms. The summed E-state index contributed by atoms with van der Waals surface area (Å²) < 4.78 is 48.6. The maximum atomic E-state index is 14.7. The third-order valence-corrected chi connectivity index (χ3v) is 5.50. The van der Waals surface area contributed by atoms with Gasteiger partial charge in [-0.25, -0.2) is 4.39 Å². The molecule has 0 amide bonds. The van der Waals surface area contributed by atoms with E-state index in [0.717, 1.165) is 18.4 Å². The highest BCUT2D eigenvalue weighted by molar-refractivity contribution is 5.80. The van der Waals surface area contributed by atoms with Gasteiger partial charge in [-0.05, 0) is 53.6 Å². The van der Waals surface area contributed by atoms with Crippen LogP contribution in [0.2, 0.25) is 0 Å². The lowest BCUT2D eigenvalue weighted by Gasteiger charge is -2.29. The van der Waals surface area contributed by atoms with E-state index in [4.69, 9.17) is 4.74 Å². The van der Waals surface area contributed by atoms with Gasteiger partial charge in [0.15, 0.2) is 11.6 Å². The number of hydrogen-bond acceptors (Lipinski definition) is 1. The number of fused-ring (bicyclic) bond motifs is 3. The molecule has 0 spiro atoms. The number of alkyl halides is 2. The van der Waals surface area contributed by atoms with Gasteiger partial charge in [0.2, 0.25) is 0 Å². The first-order chi connectivity index (χ1) is 13.9. The van der Waals surface area contributed by atoms with E-state index >= 15 is 0 Å². The lowest BCUT2D eigenvalue weighted by atomic mass is 9.91. The van der Waals surface area contributed by atoms with Gasteiger partial charge < -0.3 is 4.74 Å². The Morgan fingerprint density at radius 3 is 2.28 bits per heavy atom. The Bertz CT molecular complexity index is 1040. The minimum absolute atomic E-state index is 0.238. The van der Waals surface area contributed by atoms with Crippen LogP contribution in [0.4, 0.5) is 13.2 Å². The minimum atomic E-state index is -3.59. The number of halogens is 3. The predicted octanol–water partition coefficient (Wildman–Crippen LogP) is 7.64. The van der Waals surface area contributed by atoms with Crippen molar-refractivity contribution in [2.75, 3.05) is 0 Å². The summed E-state index contributed by atoms with van der Waals surface area (Å²) in [7, 11) is 0. The highest BCUT2D eigenvalue weighted by Crippen LogP contribution is 2.49. The summed E-state index contributed by atoms with van der Waals surface area (Å²) >= 11 is 0. The Kier molecular flexibility index (Phi) is 5.12. The van der Waals surface area contributed by atoms with E-state index in [1.807, 2.05) is 24.3 Å². The summed E-state index contributed by atoms with van der Waals surface area (Å²) in [6, 6.07) is 16.1. The summed E-state index contributed by atoms with van der Waals surface area (Å²) in [6.45, 7) is 3.70. The van der Waals surface area contributed by atoms with Crippen LogP contribution in [-0.2, 0) is 12.5 Å². The van der Waals surface area contributed by atoms with Crippen LogP contribution in [0.15, 0.2) is 54.6 Å². The Morgan fingerprint density at radius 1 is 0.862 bits per heavy atom. The average Bonchev–Trinajstić information content (AvgIpc) is 2.72. The molecule has 0 unspecified atom stereocenters. The summed E-state index contributed by atoms with van der Waals surface area (Å²) in [4.78, 5) is 0. The van der Waals surface area contributed by atoms with E-state index in [-0.39, 0.29) is 16.9 Å². The maximum Gasteiger partial charge on any atom is 0.427 e. The normalized spacial score (nSPS) is 14.1. The molecule has 0 aliphatic carbocycles. The van der Waals surface area contributed by atoms with Crippen LogP contribution >= 0.6 is 0 Å². The van der Waals surface area contributed by atoms with Crippen molar-refractivity contribution in [3.63, 3.8) is 0 Å². The first-order valence-corrected chi connectivity index (χ1v) is 10.0. The zero-order valence-corrected chi connectivity index (χ0v) is 16.6. The summed E-state index contributed by atoms with van der Waals surface area (Å²) in [5, 5.41) is 0. The van der Waals surface area contributed by atoms with Crippen LogP contribution < -0.4 is 4.74 Å². The molecule has 0 aromatic heterocycles. The summed E-state index contributed by atoms with van der Waals surface area (Å²) in [5.41, 5.74) is 3.49. The lowest BCUT2D eigenvalue weighted by Crippen LogP contribution is -2.27. The number of unbranched alkanes of at least 4 members (excludes halogenated alkanes) is 2. The van der Waals surface area contributed by atoms with Gasteiger partial charge in [-0.3, -0.25) is 0 Å². The molecular formula is C25H23F3O. The van der Waals surface area contributed by atoms with Crippen molar-refractivity contribution >= 4 is 0 Å². The third-order valence-electron chi connectivity index (χ3n) is 5.50. The molecule has 3 aromatic carbocycles. The van der Waals surface area contributed by atoms with E-state index in [0.29, 0.717) is 16.7 Å². The van der Waals surface area contributed by atoms with Crippen molar-refractivity contribution in [2.24, 2.45) is 0 Å². The molecular weight excluding hydrogens is 373 g/mol. The van der Waals surface area contributed by atoms with Crippen molar-refractivity contribution in [3.8, 4) is 28.0 Å². The first kappa shape index (κ1) is 19.6. The van der Waals surface area contributed by atoms with Crippen molar-refractivity contribution in [3.05, 3.63) is 77.1 Å². The fourth-order valence-corrected chi connectivity index (χ4v) is 3.79. The van der Waals surface area contributed by atoms with Gasteiger partial charge in [0.05, 0.1) is 5.56 Å². The third kappa shape index (κ3) is 3.64. The molecule has 150 valence electrons. The van der Waals surface area contributed by atoms with Crippen LogP contribution in [0.25, 0.3) is 22.3 Å². The van der Waals surface area contributed by atoms with E-state index in [9.17, 15) is 13.2 Å². The summed E-state index contributed by atoms with van der Waals surface area (Å²) in [5.74, 6) is -1.12. The zero-order valence-electron chi connectivity index (χ0n) is 16.6. The lowest BCUT2D eigenvalue weighted by molar-refractivity contribution is -0.188. The Hall–Kier alpha value is -2.75. The van der Waals surface area contributed by atoms with Crippen LogP contribution in [0.3, 0.4) is 0 Å². The van der Waals surface area contributed by atoms with Crippen LogP contribution in [0, 0.1) is 12.7 Å². The Morgan fingerprint density at radius 2 is 1.55 bits per heavy atom. The molecule has 0 N–H and O–H groups in total. The molecule has 4 heteroatoms. The van der Waals surface area contributed by atoms with Gasteiger partial charge in [-0.1, -0.05) is 68.3 Å².